The number of rotatable bonds is 5. The molecule has 1 heterocycles. The maximum atomic E-state index is 11.1. The molecule has 104 valence electrons. The van der Waals surface area contributed by atoms with Gasteiger partial charge in [-0.3, -0.25) is 4.79 Å². The van der Waals surface area contributed by atoms with E-state index in [-0.39, 0.29) is 5.92 Å². The van der Waals surface area contributed by atoms with E-state index in [1.165, 1.54) is 25.7 Å². The molecule has 0 saturated heterocycles. The molecule has 4 nitrogen and oxygen atoms in total. The maximum absolute atomic E-state index is 11.1. The van der Waals surface area contributed by atoms with Gasteiger partial charge in [0.1, 0.15) is 5.92 Å². The Labute approximate surface area is 117 Å². The predicted octanol–water partition coefficient (Wildman–Crippen LogP) is 3.25. The van der Waals surface area contributed by atoms with E-state index >= 15 is 0 Å². The summed E-state index contributed by atoms with van der Waals surface area (Å²) in [6.45, 7) is 3.23. The lowest BCUT2D eigenvalue weighted by Gasteiger charge is -2.41. The van der Waals surface area contributed by atoms with Crippen LogP contribution in [0.25, 0.3) is 0 Å². The highest BCUT2D eigenvalue weighted by Gasteiger charge is 2.36. The minimum atomic E-state index is -0.736. The van der Waals surface area contributed by atoms with Crippen LogP contribution in [0.3, 0.4) is 0 Å². The van der Waals surface area contributed by atoms with Gasteiger partial charge >= 0.3 is 5.97 Å². The van der Waals surface area contributed by atoms with E-state index in [1.807, 2.05) is 0 Å². The molecule has 0 aliphatic heterocycles. The van der Waals surface area contributed by atoms with E-state index < -0.39 is 5.97 Å². The standard InChI is InChI=1S/C14H20N2O2S/c1-2-14(6-3-7-14)8-15-13-16-11-9(12(17)18)4-5-10(11)19-13/h9H,2-8H2,1H3,(H,15,16)(H,17,18). The molecule has 3 rings (SSSR count). The van der Waals surface area contributed by atoms with Crippen molar-refractivity contribution in [2.45, 2.75) is 51.4 Å². The number of carboxylic acids is 1. The van der Waals surface area contributed by atoms with Gasteiger partial charge in [-0.05, 0) is 37.5 Å². The number of carboxylic acid groups (broad SMARTS) is 1. The Morgan fingerprint density at radius 1 is 1.58 bits per heavy atom. The van der Waals surface area contributed by atoms with Gasteiger partial charge in [0.05, 0.1) is 5.69 Å². The number of aromatic nitrogens is 1. The van der Waals surface area contributed by atoms with Gasteiger partial charge in [-0.1, -0.05) is 13.3 Å². The van der Waals surface area contributed by atoms with Crippen LogP contribution in [0.2, 0.25) is 0 Å². The van der Waals surface area contributed by atoms with Crippen molar-refractivity contribution in [1.29, 1.82) is 0 Å². The Kier molecular flexibility index (Phi) is 3.25. The lowest BCUT2D eigenvalue weighted by Crippen LogP contribution is -2.35. The van der Waals surface area contributed by atoms with E-state index in [0.717, 1.165) is 28.7 Å². The lowest BCUT2D eigenvalue weighted by atomic mass is 9.67. The van der Waals surface area contributed by atoms with Crippen molar-refractivity contribution >= 4 is 22.4 Å². The van der Waals surface area contributed by atoms with Crippen LogP contribution >= 0.6 is 11.3 Å². The van der Waals surface area contributed by atoms with Gasteiger partial charge in [0.2, 0.25) is 0 Å². The van der Waals surface area contributed by atoms with Crippen molar-refractivity contribution in [2.75, 3.05) is 11.9 Å². The predicted molar refractivity (Wildman–Crippen MR) is 75.9 cm³/mol. The Morgan fingerprint density at radius 2 is 2.37 bits per heavy atom. The third kappa shape index (κ3) is 2.24. The van der Waals surface area contributed by atoms with E-state index in [9.17, 15) is 4.79 Å². The van der Waals surface area contributed by atoms with E-state index in [4.69, 9.17) is 5.11 Å². The third-order valence-electron chi connectivity index (χ3n) is 4.79. The normalized spacial score (nSPS) is 23.7. The molecule has 1 saturated carbocycles. The van der Waals surface area contributed by atoms with Crippen molar-refractivity contribution in [3.63, 3.8) is 0 Å². The summed E-state index contributed by atoms with van der Waals surface area (Å²) in [7, 11) is 0. The fraction of sp³-hybridized carbons (Fsp3) is 0.714. The summed E-state index contributed by atoms with van der Waals surface area (Å²) in [5, 5.41) is 13.5. The SMILES string of the molecule is CCC1(CNc2nc3c(s2)CCC3C(=O)O)CCC1. The molecule has 19 heavy (non-hydrogen) atoms. The second-order valence-corrected chi connectivity index (χ2v) is 6.90. The number of carbonyl (C=O) groups is 1. The van der Waals surface area contributed by atoms with Crippen molar-refractivity contribution in [3.05, 3.63) is 10.6 Å². The second kappa shape index (κ2) is 4.78. The maximum Gasteiger partial charge on any atom is 0.312 e. The Bertz CT molecular complexity index is 488. The number of aliphatic carboxylic acids is 1. The fourth-order valence-corrected chi connectivity index (χ4v) is 4.17. The number of hydrogen-bond donors (Lipinski definition) is 2. The lowest BCUT2D eigenvalue weighted by molar-refractivity contribution is -0.138. The number of nitrogens with zero attached hydrogens (tertiary/aromatic N) is 1. The molecule has 1 aromatic heterocycles. The molecule has 0 amide bonds. The monoisotopic (exact) mass is 280 g/mol. The average Bonchev–Trinajstić information content (AvgIpc) is 2.86. The minimum absolute atomic E-state index is 0.384. The molecule has 5 heteroatoms. The number of nitrogens with one attached hydrogen (secondary N) is 1. The molecule has 0 radical (unpaired) electrons. The van der Waals surface area contributed by atoms with Crippen molar-refractivity contribution in [3.8, 4) is 0 Å². The highest BCUT2D eigenvalue weighted by molar-refractivity contribution is 7.15. The summed E-state index contributed by atoms with van der Waals surface area (Å²) in [5.41, 5.74) is 1.27. The molecule has 1 fully saturated rings. The molecule has 0 spiro atoms. The highest BCUT2D eigenvalue weighted by atomic mass is 32.1. The van der Waals surface area contributed by atoms with Gasteiger partial charge in [0.15, 0.2) is 5.13 Å². The zero-order valence-corrected chi connectivity index (χ0v) is 12.1. The number of anilines is 1. The molecule has 2 N–H and O–H groups in total. The number of fused-ring (bicyclic) bond motifs is 1. The minimum Gasteiger partial charge on any atom is -0.481 e. The van der Waals surface area contributed by atoms with Crippen molar-refractivity contribution < 1.29 is 9.90 Å². The number of hydrogen-bond acceptors (Lipinski definition) is 4. The molecular formula is C14H20N2O2S. The van der Waals surface area contributed by atoms with E-state index in [2.05, 4.69) is 17.2 Å². The molecule has 1 aromatic rings. The Hall–Kier alpha value is -1.10. The van der Waals surface area contributed by atoms with Crippen LogP contribution in [0.1, 0.15) is 55.5 Å². The van der Waals surface area contributed by atoms with E-state index in [1.54, 1.807) is 11.3 Å². The van der Waals surface area contributed by atoms with Crippen LogP contribution in [0.4, 0.5) is 5.13 Å². The molecule has 2 aliphatic carbocycles. The van der Waals surface area contributed by atoms with Crippen LogP contribution in [0.15, 0.2) is 0 Å². The Balaban J connectivity index is 1.67. The molecule has 2 aliphatic rings. The number of aryl methyl sites for hydroxylation is 1. The van der Waals surface area contributed by atoms with E-state index in [0.29, 0.717) is 11.8 Å². The quantitative estimate of drug-likeness (QED) is 0.869. The van der Waals surface area contributed by atoms with Gasteiger partial charge in [-0.25, -0.2) is 4.98 Å². The fourth-order valence-electron chi connectivity index (χ4n) is 3.14. The summed E-state index contributed by atoms with van der Waals surface area (Å²) in [6.07, 6.45) is 6.74. The summed E-state index contributed by atoms with van der Waals surface area (Å²) >= 11 is 1.64. The zero-order valence-electron chi connectivity index (χ0n) is 11.2. The molecule has 1 atom stereocenters. The first-order valence-electron chi connectivity index (χ1n) is 7.10. The third-order valence-corrected chi connectivity index (χ3v) is 5.88. The van der Waals surface area contributed by atoms with Crippen LogP contribution in [-0.4, -0.2) is 22.6 Å². The first kappa shape index (κ1) is 12.9. The van der Waals surface area contributed by atoms with Gasteiger partial charge in [0, 0.05) is 11.4 Å². The van der Waals surface area contributed by atoms with Gasteiger partial charge in [-0.15, -0.1) is 11.3 Å². The molecule has 0 aromatic carbocycles. The second-order valence-electron chi connectivity index (χ2n) is 5.82. The number of thiazole rings is 1. The Morgan fingerprint density at radius 3 is 2.95 bits per heavy atom. The summed E-state index contributed by atoms with van der Waals surface area (Å²) < 4.78 is 0. The van der Waals surface area contributed by atoms with Crippen LogP contribution < -0.4 is 5.32 Å². The molecular weight excluding hydrogens is 260 g/mol. The molecule has 1 unspecified atom stereocenters. The van der Waals surface area contributed by atoms with Crippen LogP contribution in [-0.2, 0) is 11.2 Å². The average molecular weight is 280 g/mol. The van der Waals surface area contributed by atoms with Crippen LogP contribution in [0.5, 0.6) is 0 Å². The van der Waals surface area contributed by atoms with Crippen molar-refractivity contribution in [2.24, 2.45) is 5.41 Å². The van der Waals surface area contributed by atoms with Crippen LogP contribution in [0, 0.1) is 5.41 Å². The van der Waals surface area contributed by atoms with Gasteiger partial charge in [0.25, 0.3) is 0 Å². The first-order valence-corrected chi connectivity index (χ1v) is 7.91. The summed E-state index contributed by atoms with van der Waals surface area (Å²) in [5.74, 6) is -1.12. The summed E-state index contributed by atoms with van der Waals surface area (Å²) in [4.78, 5) is 16.8. The highest BCUT2D eigenvalue weighted by Crippen LogP contribution is 2.44. The van der Waals surface area contributed by atoms with Crippen molar-refractivity contribution in [1.82, 2.24) is 4.98 Å². The van der Waals surface area contributed by atoms with Gasteiger partial charge in [-0.2, -0.15) is 0 Å². The topological polar surface area (TPSA) is 62.2 Å². The smallest absolute Gasteiger partial charge is 0.312 e. The summed E-state index contributed by atoms with van der Waals surface area (Å²) in [6, 6.07) is 0. The molecule has 0 bridgehead atoms. The zero-order chi connectivity index (χ0) is 13.5. The van der Waals surface area contributed by atoms with Gasteiger partial charge < -0.3 is 10.4 Å². The largest absolute Gasteiger partial charge is 0.481 e. The first-order chi connectivity index (χ1) is 9.13.